The predicted molar refractivity (Wildman–Crippen MR) is 86.6 cm³/mol. The molecule has 0 atom stereocenters. The summed E-state index contributed by atoms with van der Waals surface area (Å²) in [6.07, 6.45) is 3.30. The van der Waals surface area contributed by atoms with Gasteiger partial charge in [-0.2, -0.15) is 10.4 Å². The van der Waals surface area contributed by atoms with Gasteiger partial charge >= 0.3 is 5.97 Å². The number of fused-ring (bicyclic) bond motifs is 1. The van der Waals surface area contributed by atoms with E-state index in [9.17, 15) is 4.79 Å². The fourth-order valence-corrected chi connectivity index (χ4v) is 2.55. The fourth-order valence-electron chi connectivity index (χ4n) is 2.55. The van der Waals surface area contributed by atoms with E-state index in [0.29, 0.717) is 12.2 Å². The van der Waals surface area contributed by atoms with Gasteiger partial charge in [0.1, 0.15) is 6.07 Å². The van der Waals surface area contributed by atoms with Crippen LogP contribution in [0.15, 0.2) is 30.6 Å². The van der Waals surface area contributed by atoms with E-state index in [0.717, 1.165) is 10.9 Å². The van der Waals surface area contributed by atoms with Gasteiger partial charge in [-0.15, -0.1) is 0 Å². The zero-order chi connectivity index (χ0) is 17.3. The molecule has 0 aliphatic carbocycles. The molecule has 3 rings (SSSR count). The summed E-state index contributed by atoms with van der Waals surface area (Å²) in [6.45, 7) is 0.388. The van der Waals surface area contributed by atoms with E-state index in [1.165, 1.54) is 17.9 Å². The lowest BCUT2D eigenvalue weighted by atomic mass is 10.2. The summed E-state index contributed by atoms with van der Waals surface area (Å²) in [5, 5.41) is 23.3. The Balaban J connectivity index is 2.16. The number of hydrogen-bond donors (Lipinski definition) is 2. The molecule has 8 heteroatoms. The first-order valence-corrected chi connectivity index (χ1v) is 7.16. The zero-order valence-corrected chi connectivity index (χ0v) is 12.9. The van der Waals surface area contributed by atoms with Crippen LogP contribution in [0, 0.1) is 11.3 Å². The summed E-state index contributed by atoms with van der Waals surface area (Å²) < 4.78 is 7.94. The second kappa shape index (κ2) is 6.06. The second-order valence-electron chi connectivity index (χ2n) is 5.14. The molecule has 0 amide bonds. The maximum atomic E-state index is 12.0. The largest absolute Gasteiger partial charge is 0.464 e. The summed E-state index contributed by atoms with van der Waals surface area (Å²) in [7, 11) is 1.26. The third-order valence-electron chi connectivity index (χ3n) is 3.69. The second-order valence-corrected chi connectivity index (χ2v) is 5.14. The van der Waals surface area contributed by atoms with Gasteiger partial charge in [0.2, 0.25) is 0 Å². The summed E-state index contributed by atoms with van der Waals surface area (Å²) in [4.78, 5) is 12.0. The molecule has 1 aromatic carbocycles. The third kappa shape index (κ3) is 2.47. The Bertz CT molecular complexity index is 964. The van der Waals surface area contributed by atoms with E-state index < -0.39 is 5.97 Å². The number of aliphatic hydroxyl groups excluding tert-OH is 1. The number of aromatic nitrogens is 3. The summed E-state index contributed by atoms with van der Waals surface area (Å²) in [5.74, 6) is -0.620. The van der Waals surface area contributed by atoms with E-state index in [2.05, 4.69) is 5.10 Å². The number of rotatable bonds is 4. The highest BCUT2D eigenvalue weighted by Crippen LogP contribution is 2.26. The Kier molecular flexibility index (Phi) is 3.93. The number of ether oxygens (including phenoxy) is 1. The molecule has 0 saturated heterocycles. The first-order valence-electron chi connectivity index (χ1n) is 7.16. The number of aliphatic hydroxyl groups is 1. The van der Waals surface area contributed by atoms with Crippen molar-refractivity contribution in [2.24, 2.45) is 0 Å². The van der Waals surface area contributed by atoms with Gasteiger partial charge in [-0.05, 0) is 18.2 Å². The molecule has 0 bridgehead atoms. The minimum atomic E-state index is -0.620. The molecule has 122 valence electrons. The zero-order valence-electron chi connectivity index (χ0n) is 12.9. The van der Waals surface area contributed by atoms with Crippen molar-refractivity contribution in [1.29, 1.82) is 5.26 Å². The minimum absolute atomic E-state index is 0.00695. The smallest absolute Gasteiger partial charge is 0.357 e. The van der Waals surface area contributed by atoms with E-state index in [1.54, 1.807) is 23.0 Å². The highest BCUT2D eigenvalue weighted by atomic mass is 16.5. The summed E-state index contributed by atoms with van der Waals surface area (Å²) >= 11 is 0. The number of nitrogen functional groups attached to an aromatic ring is 1. The van der Waals surface area contributed by atoms with Gasteiger partial charge in [0.25, 0.3) is 0 Å². The molecule has 0 spiro atoms. The Morgan fingerprint density at radius 3 is 2.92 bits per heavy atom. The van der Waals surface area contributed by atoms with E-state index in [-0.39, 0.29) is 23.6 Å². The minimum Gasteiger partial charge on any atom is -0.464 e. The lowest BCUT2D eigenvalue weighted by molar-refractivity contribution is 0.0593. The molecule has 2 aromatic heterocycles. The monoisotopic (exact) mass is 325 g/mol. The van der Waals surface area contributed by atoms with Gasteiger partial charge < -0.3 is 20.1 Å². The number of methoxy groups -OCH3 is 1. The molecule has 0 fully saturated rings. The Morgan fingerprint density at radius 1 is 1.46 bits per heavy atom. The number of benzene rings is 1. The highest BCUT2D eigenvalue weighted by Gasteiger charge is 2.21. The number of anilines is 1. The molecule has 0 saturated carbocycles. The molecule has 2 heterocycles. The number of nitrogens with two attached hydrogens (primary N) is 1. The van der Waals surface area contributed by atoms with Gasteiger partial charge in [-0.3, -0.25) is 4.68 Å². The van der Waals surface area contributed by atoms with Gasteiger partial charge in [-0.1, -0.05) is 0 Å². The van der Waals surface area contributed by atoms with Gasteiger partial charge in [0.05, 0.1) is 37.0 Å². The molecular weight excluding hydrogens is 310 g/mol. The van der Waals surface area contributed by atoms with E-state index in [1.807, 2.05) is 12.1 Å². The van der Waals surface area contributed by atoms with Crippen molar-refractivity contribution in [2.75, 3.05) is 19.5 Å². The summed E-state index contributed by atoms with van der Waals surface area (Å²) in [6, 6.07) is 7.35. The topological polar surface area (TPSA) is 119 Å². The first kappa shape index (κ1) is 15.6. The highest BCUT2D eigenvalue weighted by molar-refractivity contribution is 5.96. The number of nitriles is 1. The molecule has 8 nitrogen and oxygen atoms in total. The van der Waals surface area contributed by atoms with Gasteiger partial charge in [0.15, 0.2) is 5.69 Å². The van der Waals surface area contributed by atoms with Crippen molar-refractivity contribution < 1.29 is 14.6 Å². The molecular formula is C16H15N5O3. The van der Waals surface area contributed by atoms with Crippen LogP contribution in [-0.4, -0.2) is 39.1 Å². The lowest BCUT2D eigenvalue weighted by Crippen LogP contribution is -2.11. The van der Waals surface area contributed by atoms with Crippen molar-refractivity contribution in [2.45, 2.75) is 6.54 Å². The van der Waals surface area contributed by atoms with E-state index in [4.69, 9.17) is 20.8 Å². The van der Waals surface area contributed by atoms with Crippen molar-refractivity contribution in [1.82, 2.24) is 14.3 Å². The van der Waals surface area contributed by atoms with Crippen LogP contribution in [0.3, 0.4) is 0 Å². The van der Waals surface area contributed by atoms with Crippen molar-refractivity contribution in [3.05, 3.63) is 41.9 Å². The van der Waals surface area contributed by atoms with Crippen molar-refractivity contribution >= 4 is 22.6 Å². The van der Waals surface area contributed by atoms with Crippen LogP contribution in [-0.2, 0) is 11.3 Å². The summed E-state index contributed by atoms with van der Waals surface area (Å²) in [5.41, 5.74) is 7.70. The normalized spacial score (nSPS) is 10.7. The van der Waals surface area contributed by atoms with Gasteiger partial charge in [0, 0.05) is 23.5 Å². The van der Waals surface area contributed by atoms with Gasteiger partial charge in [-0.25, -0.2) is 4.79 Å². The quantitative estimate of drug-likeness (QED) is 0.692. The Hall–Kier alpha value is -3.31. The van der Waals surface area contributed by atoms with Crippen molar-refractivity contribution in [3.8, 4) is 11.8 Å². The maximum Gasteiger partial charge on any atom is 0.357 e. The molecule has 0 aliphatic heterocycles. The molecule has 0 unspecified atom stereocenters. The van der Waals surface area contributed by atoms with Crippen molar-refractivity contribution in [3.63, 3.8) is 0 Å². The standard InChI is InChI=1S/C16H15N5O3/c1-24-16(23)15-14(18)11(7-17)9-21(15)12-2-3-13-10(6-12)8-20(19-13)4-5-22/h2-3,6,8-9,22H,4-5,18H2,1H3. The average molecular weight is 325 g/mol. The van der Waals surface area contributed by atoms with Crippen LogP contribution < -0.4 is 5.73 Å². The average Bonchev–Trinajstić information content (AvgIpc) is 3.13. The molecule has 3 aromatic rings. The van der Waals surface area contributed by atoms with E-state index >= 15 is 0 Å². The Labute approximate surface area is 137 Å². The van der Waals surface area contributed by atoms with Crippen LogP contribution in [0.5, 0.6) is 0 Å². The first-order chi connectivity index (χ1) is 11.6. The lowest BCUT2D eigenvalue weighted by Gasteiger charge is -2.08. The SMILES string of the molecule is COC(=O)c1c(N)c(C#N)cn1-c1ccc2nn(CCO)cc2c1. The number of nitrogens with zero attached hydrogens (tertiary/aromatic N) is 4. The van der Waals surface area contributed by atoms with Crippen LogP contribution >= 0.6 is 0 Å². The number of carbonyl (C=O) groups excluding carboxylic acids is 1. The molecule has 24 heavy (non-hydrogen) atoms. The molecule has 0 aliphatic rings. The fraction of sp³-hybridized carbons (Fsp3) is 0.188. The predicted octanol–water partition coefficient (Wildman–Crippen LogP) is 1.06. The Morgan fingerprint density at radius 2 is 2.25 bits per heavy atom. The maximum absolute atomic E-state index is 12.0. The molecule has 0 radical (unpaired) electrons. The van der Waals surface area contributed by atoms with Crippen LogP contribution in [0.25, 0.3) is 16.6 Å². The van der Waals surface area contributed by atoms with Crippen LogP contribution in [0.4, 0.5) is 5.69 Å². The third-order valence-corrected chi connectivity index (χ3v) is 3.69. The molecule has 3 N–H and O–H groups in total. The number of carbonyl (C=O) groups is 1. The van der Waals surface area contributed by atoms with Crippen LogP contribution in [0.2, 0.25) is 0 Å². The number of esters is 1. The number of hydrogen-bond acceptors (Lipinski definition) is 6. The van der Waals surface area contributed by atoms with Crippen LogP contribution in [0.1, 0.15) is 16.1 Å².